The Morgan fingerprint density at radius 3 is 2.81 bits per heavy atom. The maximum absolute atomic E-state index is 12.5. The lowest BCUT2D eigenvalue weighted by molar-refractivity contribution is 0.596. The van der Waals surface area contributed by atoms with Crippen molar-refractivity contribution in [2.75, 3.05) is 11.3 Å². The molecule has 0 bridgehead atoms. The molecular weight excluding hydrogens is 290 g/mol. The summed E-state index contributed by atoms with van der Waals surface area (Å²) in [6.45, 7) is 4.93. The number of aromatic nitrogens is 3. The second kappa shape index (κ2) is 6.68. The molecule has 0 unspecified atom stereocenters. The lowest BCUT2D eigenvalue weighted by Gasteiger charge is -2.08. The molecule has 2 aromatic rings. The second-order valence-electron chi connectivity index (χ2n) is 4.62. The second-order valence-corrected chi connectivity index (χ2v) is 6.24. The van der Waals surface area contributed by atoms with Crippen LogP contribution >= 0.6 is 0 Å². The summed E-state index contributed by atoms with van der Waals surface area (Å²) < 4.78 is 27.5. The average molecular weight is 309 g/mol. The van der Waals surface area contributed by atoms with E-state index in [4.69, 9.17) is 0 Å². The molecule has 2 aromatic heterocycles. The molecule has 0 spiro atoms. The third-order valence-electron chi connectivity index (χ3n) is 2.85. The number of aromatic amines is 1. The molecule has 0 aliphatic rings. The molecule has 0 amide bonds. The average Bonchev–Trinajstić information content (AvgIpc) is 2.82. The number of pyridine rings is 1. The van der Waals surface area contributed by atoms with Gasteiger partial charge >= 0.3 is 0 Å². The molecule has 8 heteroatoms. The number of hydrogen-bond acceptors (Lipinski definition) is 5. The van der Waals surface area contributed by atoms with Crippen LogP contribution in [0.5, 0.6) is 0 Å². The maximum atomic E-state index is 12.5. The summed E-state index contributed by atoms with van der Waals surface area (Å²) >= 11 is 0. The van der Waals surface area contributed by atoms with Crippen molar-refractivity contribution >= 4 is 15.8 Å². The summed E-state index contributed by atoms with van der Waals surface area (Å²) in [4.78, 5) is 4.15. The molecule has 7 nitrogen and oxygen atoms in total. The van der Waals surface area contributed by atoms with Gasteiger partial charge in [0.15, 0.2) is 0 Å². The Bertz CT molecular complexity index is 682. The van der Waals surface area contributed by atoms with Gasteiger partial charge in [-0.1, -0.05) is 13.0 Å². The van der Waals surface area contributed by atoms with Gasteiger partial charge in [0, 0.05) is 12.7 Å². The molecule has 0 aliphatic heterocycles. The first-order valence-electron chi connectivity index (χ1n) is 6.73. The summed E-state index contributed by atoms with van der Waals surface area (Å²) in [5.74, 6) is 0.283. The van der Waals surface area contributed by atoms with Gasteiger partial charge in [-0.25, -0.2) is 13.4 Å². The van der Waals surface area contributed by atoms with Gasteiger partial charge in [0.05, 0.1) is 11.4 Å². The maximum Gasteiger partial charge on any atom is 0.266 e. The molecular formula is C13H19N5O2S. The van der Waals surface area contributed by atoms with Crippen LogP contribution in [-0.2, 0) is 16.6 Å². The molecule has 2 rings (SSSR count). The molecule has 0 atom stereocenters. The number of sulfonamides is 1. The molecule has 3 N–H and O–H groups in total. The van der Waals surface area contributed by atoms with Crippen molar-refractivity contribution in [1.82, 2.24) is 20.5 Å². The zero-order chi connectivity index (χ0) is 15.3. The monoisotopic (exact) mass is 309 g/mol. The SMILES string of the molecule is CCCNCc1n[nH]c(C)c1S(=O)(=O)Nc1ccccn1. The quantitative estimate of drug-likeness (QED) is 0.672. The Kier molecular flexibility index (Phi) is 4.92. The number of rotatable bonds is 7. The van der Waals surface area contributed by atoms with Crippen molar-refractivity contribution in [1.29, 1.82) is 0 Å². The van der Waals surface area contributed by atoms with E-state index in [0.29, 0.717) is 17.9 Å². The highest BCUT2D eigenvalue weighted by molar-refractivity contribution is 7.92. The summed E-state index contributed by atoms with van der Waals surface area (Å²) in [5.41, 5.74) is 0.983. The standard InChI is InChI=1S/C13H19N5O2S/c1-3-7-14-9-11-13(10(2)16-17-11)21(19,20)18-12-6-4-5-8-15-12/h4-6,8,14H,3,7,9H2,1-2H3,(H,15,18)(H,16,17). The minimum atomic E-state index is -3.71. The van der Waals surface area contributed by atoms with Gasteiger partial charge in [-0.05, 0) is 32.0 Å². The Labute approximate surface area is 124 Å². The van der Waals surface area contributed by atoms with Gasteiger partial charge < -0.3 is 5.32 Å². The Morgan fingerprint density at radius 2 is 2.14 bits per heavy atom. The minimum absolute atomic E-state index is 0.178. The highest BCUT2D eigenvalue weighted by Gasteiger charge is 2.24. The molecule has 0 aliphatic carbocycles. The Morgan fingerprint density at radius 1 is 1.33 bits per heavy atom. The normalized spacial score (nSPS) is 11.5. The van der Waals surface area contributed by atoms with Crippen molar-refractivity contribution in [2.24, 2.45) is 0 Å². The van der Waals surface area contributed by atoms with Crippen LogP contribution in [0.1, 0.15) is 24.7 Å². The van der Waals surface area contributed by atoms with Gasteiger partial charge in [0.2, 0.25) is 0 Å². The van der Waals surface area contributed by atoms with E-state index in [-0.39, 0.29) is 10.7 Å². The predicted octanol–water partition coefficient (Wildman–Crippen LogP) is 1.41. The lowest BCUT2D eigenvalue weighted by atomic mass is 10.3. The van der Waals surface area contributed by atoms with Crippen LogP contribution in [0.4, 0.5) is 5.82 Å². The topological polar surface area (TPSA) is 99.8 Å². The van der Waals surface area contributed by atoms with Crippen LogP contribution in [0.3, 0.4) is 0 Å². The van der Waals surface area contributed by atoms with Crippen molar-refractivity contribution < 1.29 is 8.42 Å². The van der Waals surface area contributed by atoms with Crippen LogP contribution in [0.15, 0.2) is 29.3 Å². The van der Waals surface area contributed by atoms with Crippen LogP contribution in [-0.4, -0.2) is 30.1 Å². The third kappa shape index (κ3) is 3.79. The highest BCUT2D eigenvalue weighted by Crippen LogP contribution is 2.20. The Balaban J connectivity index is 2.25. The third-order valence-corrected chi connectivity index (χ3v) is 4.41. The molecule has 0 fully saturated rings. The van der Waals surface area contributed by atoms with E-state index < -0.39 is 10.0 Å². The van der Waals surface area contributed by atoms with E-state index in [0.717, 1.165) is 13.0 Å². The summed E-state index contributed by atoms with van der Waals surface area (Å²) in [5, 5.41) is 9.95. The Hall–Kier alpha value is -1.93. The van der Waals surface area contributed by atoms with E-state index in [1.165, 1.54) is 6.20 Å². The highest BCUT2D eigenvalue weighted by atomic mass is 32.2. The lowest BCUT2D eigenvalue weighted by Crippen LogP contribution is -2.20. The fourth-order valence-corrected chi connectivity index (χ4v) is 3.32. The first-order chi connectivity index (χ1) is 10.0. The first-order valence-corrected chi connectivity index (χ1v) is 8.21. The van der Waals surface area contributed by atoms with Crippen molar-refractivity contribution in [3.8, 4) is 0 Å². The van der Waals surface area contributed by atoms with Gasteiger partial charge in [-0.15, -0.1) is 0 Å². The summed E-state index contributed by atoms with van der Waals surface area (Å²) in [6, 6.07) is 5.04. The summed E-state index contributed by atoms with van der Waals surface area (Å²) in [7, 11) is -3.71. The molecule has 21 heavy (non-hydrogen) atoms. The number of H-pyrrole nitrogens is 1. The number of aryl methyl sites for hydroxylation is 1. The fourth-order valence-electron chi connectivity index (χ4n) is 1.94. The van der Waals surface area contributed by atoms with Gasteiger partial charge in [-0.3, -0.25) is 9.82 Å². The van der Waals surface area contributed by atoms with E-state index in [1.807, 2.05) is 6.92 Å². The molecule has 0 saturated carbocycles. The van der Waals surface area contributed by atoms with Crippen LogP contribution < -0.4 is 10.0 Å². The van der Waals surface area contributed by atoms with Crippen molar-refractivity contribution in [3.05, 3.63) is 35.8 Å². The summed E-state index contributed by atoms with van der Waals surface area (Å²) in [6.07, 6.45) is 2.50. The number of hydrogen-bond donors (Lipinski definition) is 3. The number of nitrogens with zero attached hydrogens (tertiary/aromatic N) is 2. The minimum Gasteiger partial charge on any atom is -0.311 e. The van der Waals surface area contributed by atoms with E-state index in [9.17, 15) is 8.42 Å². The van der Waals surface area contributed by atoms with Gasteiger partial charge in [-0.2, -0.15) is 5.10 Å². The van der Waals surface area contributed by atoms with Crippen LogP contribution in [0.2, 0.25) is 0 Å². The van der Waals surface area contributed by atoms with E-state index >= 15 is 0 Å². The molecule has 0 aromatic carbocycles. The molecule has 0 radical (unpaired) electrons. The van der Waals surface area contributed by atoms with Crippen LogP contribution in [0.25, 0.3) is 0 Å². The fraction of sp³-hybridized carbons (Fsp3) is 0.385. The number of anilines is 1. The first kappa shape index (κ1) is 15.5. The van der Waals surface area contributed by atoms with Gasteiger partial charge in [0.1, 0.15) is 10.7 Å². The van der Waals surface area contributed by atoms with E-state index in [2.05, 4.69) is 25.2 Å². The smallest absolute Gasteiger partial charge is 0.266 e. The largest absolute Gasteiger partial charge is 0.311 e. The molecule has 2 heterocycles. The van der Waals surface area contributed by atoms with E-state index in [1.54, 1.807) is 25.1 Å². The molecule has 114 valence electrons. The van der Waals surface area contributed by atoms with Crippen molar-refractivity contribution in [3.63, 3.8) is 0 Å². The number of nitrogens with one attached hydrogen (secondary N) is 3. The predicted molar refractivity (Wildman–Crippen MR) is 80.4 cm³/mol. The van der Waals surface area contributed by atoms with Crippen molar-refractivity contribution in [2.45, 2.75) is 31.7 Å². The van der Waals surface area contributed by atoms with Gasteiger partial charge in [0.25, 0.3) is 10.0 Å². The zero-order valence-electron chi connectivity index (χ0n) is 12.0. The molecule has 0 saturated heterocycles. The van der Waals surface area contributed by atoms with Crippen LogP contribution in [0, 0.1) is 6.92 Å². The zero-order valence-corrected chi connectivity index (χ0v) is 12.9.